The summed E-state index contributed by atoms with van der Waals surface area (Å²) in [5.74, 6) is 0. The van der Waals surface area contributed by atoms with Crippen LogP contribution in [0.25, 0.3) is 0 Å². The second-order valence-electron chi connectivity index (χ2n) is 5.21. The lowest BCUT2D eigenvalue weighted by Gasteiger charge is -2.07. The van der Waals surface area contributed by atoms with Gasteiger partial charge in [0.1, 0.15) is 13.2 Å². The molecule has 0 heterocycles. The molecule has 0 fully saturated rings. The standard InChI is InChI=1S/C18H34O2/c1-5-9-11-17(7-3)15-19-13-14-20-16-18(8-4)12-10-6-2/h15-16H,5-14H2,1-4H3. The van der Waals surface area contributed by atoms with Crippen LogP contribution in [0.1, 0.15) is 79.1 Å². The molecule has 0 radical (unpaired) electrons. The zero-order chi connectivity index (χ0) is 15.1. The molecule has 0 atom stereocenters. The van der Waals surface area contributed by atoms with Gasteiger partial charge in [0.15, 0.2) is 0 Å². The normalized spacial score (nSPS) is 12.6. The Morgan fingerprint density at radius 3 is 1.40 bits per heavy atom. The SMILES string of the molecule is CCCCC(=COCCOC=C(CC)CCCC)CC. The Labute approximate surface area is 126 Å². The molecule has 118 valence electrons. The van der Waals surface area contributed by atoms with Gasteiger partial charge in [-0.25, -0.2) is 0 Å². The quantitative estimate of drug-likeness (QED) is 0.305. The van der Waals surface area contributed by atoms with Crippen molar-refractivity contribution in [1.82, 2.24) is 0 Å². The zero-order valence-electron chi connectivity index (χ0n) is 14.0. The van der Waals surface area contributed by atoms with E-state index in [1.54, 1.807) is 0 Å². The van der Waals surface area contributed by atoms with Crippen LogP contribution in [-0.2, 0) is 9.47 Å². The molecular weight excluding hydrogens is 248 g/mol. The highest BCUT2D eigenvalue weighted by molar-refractivity contribution is 4.97. The Kier molecular flexibility index (Phi) is 13.8. The van der Waals surface area contributed by atoms with Crippen molar-refractivity contribution in [3.05, 3.63) is 23.7 Å². The van der Waals surface area contributed by atoms with Crippen LogP contribution in [0.5, 0.6) is 0 Å². The molecule has 0 saturated carbocycles. The van der Waals surface area contributed by atoms with Gasteiger partial charge in [-0.3, -0.25) is 0 Å². The number of hydrogen-bond donors (Lipinski definition) is 0. The van der Waals surface area contributed by atoms with Crippen LogP contribution in [0.4, 0.5) is 0 Å². The summed E-state index contributed by atoms with van der Waals surface area (Å²) in [7, 11) is 0. The first-order valence-electron chi connectivity index (χ1n) is 8.37. The summed E-state index contributed by atoms with van der Waals surface area (Å²) in [4.78, 5) is 0. The molecule has 2 heteroatoms. The maximum atomic E-state index is 5.56. The van der Waals surface area contributed by atoms with E-state index in [2.05, 4.69) is 27.7 Å². The van der Waals surface area contributed by atoms with E-state index in [-0.39, 0.29) is 0 Å². The zero-order valence-corrected chi connectivity index (χ0v) is 14.0. The summed E-state index contributed by atoms with van der Waals surface area (Å²) in [5, 5.41) is 0. The largest absolute Gasteiger partial charge is 0.498 e. The van der Waals surface area contributed by atoms with E-state index in [0.717, 1.165) is 25.7 Å². The van der Waals surface area contributed by atoms with E-state index < -0.39 is 0 Å². The molecule has 0 aliphatic rings. The van der Waals surface area contributed by atoms with E-state index in [1.165, 1.54) is 36.8 Å². The molecule has 0 rings (SSSR count). The molecule has 0 aromatic carbocycles. The van der Waals surface area contributed by atoms with Crippen molar-refractivity contribution in [2.24, 2.45) is 0 Å². The molecule has 0 spiro atoms. The van der Waals surface area contributed by atoms with Crippen LogP contribution in [0.15, 0.2) is 23.7 Å². The van der Waals surface area contributed by atoms with Crippen LogP contribution in [0.3, 0.4) is 0 Å². The van der Waals surface area contributed by atoms with Crippen LogP contribution in [0, 0.1) is 0 Å². The lowest BCUT2D eigenvalue weighted by Crippen LogP contribution is -1.99. The maximum absolute atomic E-state index is 5.56. The highest BCUT2D eigenvalue weighted by Crippen LogP contribution is 2.12. The molecule has 0 aromatic rings. The van der Waals surface area contributed by atoms with Gasteiger partial charge >= 0.3 is 0 Å². The Morgan fingerprint density at radius 2 is 1.10 bits per heavy atom. The van der Waals surface area contributed by atoms with Gasteiger partial charge in [0, 0.05) is 0 Å². The van der Waals surface area contributed by atoms with Gasteiger partial charge in [-0.05, 0) is 49.7 Å². The van der Waals surface area contributed by atoms with Gasteiger partial charge in [-0.15, -0.1) is 0 Å². The molecular formula is C18H34O2. The summed E-state index contributed by atoms with van der Waals surface area (Å²) in [6.07, 6.45) is 13.3. The molecule has 0 N–H and O–H groups in total. The average molecular weight is 282 g/mol. The lowest BCUT2D eigenvalue weighted by atomic mass is 10.1. The van der Waals surface area contributed by atoms with Crippen LogP contribution in [-0.4, -0.2) is 13.2 Å². The van der Waals surface area contributed by atoms with Gasteiger partial charge in [0.2, 0.25) is 0 Å². The minimum absolute atomic E-state index is 0.636. The van der Waals surface area contributed by atoms with Crippen molar-refractivity contribution < 1.29 is 9.47 Å². The van der Waals surface area contributed by atoms with Crippen molar-refractivity contribution in [3.63, 3.8) is 0 Å². The van der Waals surface area contributed by atoms with Crippen molar-refractivity contribution in [2.45, 2.75) is 79.1 Å². The van der Waals surface area contributed by atoms with Crippen molar-refractivity contribution in [3.8, 4) is 0 Å². The Morgan fingerprint density at radius 1 is 0.700 bits per heavy atom. The molecule has 0 aromatic heterocycles. The van der Waals surface area contributed by atoms with Gasteiger partial charge in [-0.1, -0.05) is 40.5 Å². The van der Waals surface area contributed by atoms with Gasteiger partial charge in [0.25, 0.3) is 0 Å². The fourth-order valence-corrected chi connectivity index (χ4v) is 1.90. The number of hydrogen-bond acceptors (Lipinski definition) is 2. The Hall–Kier alpha value is -0.920. The molecule has 0 unspecified atom stereocenters. The van der Waals surface area contributed by atoms with E-state index in [1.807, 2.05) is 12.5 Å². The fourth-order valence-electron chi connectivity index (χ4n) is 1.90. The number of rotatable bonds is 13. The molecule has 2 nitrogen and oxygen atoms in total. The first-order chi connectivity index (χ1) is 9.78. The monoisotopic (exact) mass is 282 g/mol. The van der Waals surface area contributed by atoms with Gasteiger partial charge in [-0.2, -0.15) is 0 Å². The third kappa shape index (κ3) is 11.0. The smallest absolute Gasteiger partial charge is 0.121 e. The second kappa shape index (κ2) is 14.5. The summed E-state index contributed by atoms with van der Waals surface area (Å²) in [6, 6.07) is 0. The number of ether oxygens (including phenoxy) is 2. The summed E-state index contributed by atoms with van der Waals surface area (Å²) in [6.45, 7) is 10.1. The van der Waals surface area contributed by atoms with Gasteiger partial charge < -0.3 is 9.47 Å². The van der Waals surface area contributed by atoms with Crippen molar-refractivity contribution >= 4 is 0 Å². The highest BCUT2D eigenvalue weighted by Gasteiger charge is 1.96. The fraction of sp³-hybridized carbons (Fsp3) is 0.778. The molecule has 0 aliphatic carbocycles. The Balaban J connectivity index is 3.77. The van der Waals surface area contributed by atoms with Crippen molar-refractivity contribution in [1.29, 1.82) is 0 Å². The predicted octanol–water partition coefficient (Wildman–Crippen LogP) is 5.99. The maximum Gasteiger partial charge on any atom is 0.121 e. The molecule has 0 aliphatic heterocycles. The topological polar surface area (TPSA) is 18.5 Å². The van der Waals surface area contributed by atoms with Crippen LogP contribution >= 0.6 is 0 Å². The minimum Gasteiger partial charge on any atom is -0.498 e. The molecule has 20 heavy (non-hydrogen) atoms. The second-order valence-corrected chi connectivity index (χ2v) is 5.21. The first-order valence-corrected chi connectivity index (χ1v) is 8.37. The van der Waals surface area contributed by atoms with E-state index >= 15 is 0 Å². The summed E-state index contributed by atoms with van der Waals surface area (Å²) in [5.41, 5.74) is 2.80. The number of allylic oxidation sites excluding steroid dienone is 2. The predicted molar refractivity (Wildman–Crippen MR) is 87.7 cm³/mol. The third-order valence-corrected chi connectivity index (χ3v) is 3.43. The number of unbranched alkanes of at least 4 members (excludes halogenated alkanes) is 2. The van der Waals surface area contributed by atoms with Gasteiger partial charge in [0.05, 0.1) is 12.5 Å². The molecule has 0 bridgehead atoms. The summed E-state index contributed by atoms with van der Waals surface area (Å²) >= 11 is 0. The molecule has 0 saturated heterocycles. The van der Waals surface area contributed by atoms with E-state index in [9.17, 15) is 0 Å². The van der Waals surface area contributed by atoms with Crippen LogP contribution in [0.2, 0.25) is 0 Å². The van der Waals surface area contributed by atoms with Crippen LogP contribution < -0.4 is 0 Å². The van der Waals surface area contributed by atoms with Crippen molar-refractivity contribution in [2.75, 3.05) is 13.2 Å². The minimum atomic E-state index is 0.636. The lowest BCUT2D eigenvalue weighted by molar-refractivity contribution is 0.146. The summed E-state index contributed by atoms with van der Waals surface area (Å²) < 4.78 is 11.1. The first kappa shape index (κ1) is 19.1. The third-order valence-electron chi connectivity index (χ3n) is 3.43. The highest BCUT2D eigenvalue weighted by atomic mass is 16.5. The Bertz CT molecular complexity index is 239. The van der Waals surface area contributed by atoms with E-state index in [0.29, 0.717) is 13.2 Å². The molecule has 0 amide bonds. The average Bonchev–Trinajstić information content (AvgIpc) is 2.48. The van der Waals surface area contributed by atoms with E-state index in [4.69, 9.17) is 9.47 Å².